The highest BCUT2D eigenvalue weighted by Gasteiger charge is 2.44. The van der Waals surface area contributed by atoms with Gasteiger partial charge in [-0.1, -0.05) is 65.7 Å². The Bertz CT molecular complexity index is 1030. The molecule has 0 bridgehead atoms. The van der Waals surface area contributed by atoms with Gasteiger partial charge in [-0.3, -0.25) is 0 Å². The van der Waals surface area contributed by atoms with E-state index in [1.54, 1.807) is 12.1 Å². The molecule has 0 fully saturated rings. The van der Waals surface area contributed by atoms with Crippen LogP contribution in [0.4, 0.5) is 0 Å². The first-order valence-corrected chi connectivity index (χ1v) is 10.3. The summed E-state index contributed by atoms with van der Waals surface area (Å²) in [6.07, 6.45) is -0.371. The lowest BCUT2D eigenvalue weighted by Gasteiger charge is -2.30. The van der Waals surface area contributed by atoms with Gasteiger partial charge in [-0.2, -0.15) is 0 Å². The van der Waals surface area contributed by atoms with Gasteiger partial charge in [0.15, 0.2) is 0 Å². The van der Waals surface area contributed by atoms with Crippen LogP contribution in [0.1, 0.15) is 41.7 Å². The molecule has 3 aromatic carbocycles. The first-order chi connectivity index (χ1) is 14.0. The molecule has 148 valence electrons. The first kappa shape index (κ1) is 20.0. The van der Waals surface area contributed by atoms with Crippen LogP contribution >= 0.6 is 23.2 Å². The molecule has 5 heteroatoms. The van der Waals surface area contributed by atoms with Crippen molar-refractivity contribution in [3.63, 3.8) is 0 Å². The molecule has 0 saturated carbocycles. The Kier molecular flexibility index (Phi) is 5.64. The Hall–Kier alpha value is -2.33. The van der Waals surface area contributed by atoms with Gasteiger partial charge in [0.05, 0.1) is 12.7 Å². The number of ether oxygens (including phenoxy) is 1. The minimum atomic E-state index is -0.773. The molecule has 0 aliphatic carbocycles. The van der Waals surface area contributed by atoms with Crippen LogP contribution in [0.5, 0.6) is 0 Å². The zero-order chi connectivity index (χ0) is 20.4. The second kappa shape index (κ2) is 8.19. The van der Waals surface area contributed by atoms with Gasteiger partial charge >= 0.3 is 0 Å². The molecule has 0 aromatic heterocycles. The smallest absolute Gasteiger partial charge is 0.217 e. The third-order valence-electron chi connectivity index (χ3n) is 5.24. The van der Waals surface area contributed by atoms with E-state index in [1.807, 2.05) is 67.6 Å². The third kappa shape index (κ3) is 3.78. The van der Waals surface area contributed by atoms with Crippen LogP contribution in [0.25, 0.3) is 0 Å². The monoisotopic (exact) mass is 425 g/mol. The van der Waals surface area contributed by atoms with Gasteiger partial charge in [0.25, 0.3) is 0 Å². The van der Waals surface area contributed by atoms with Crippen molar-refractivity contribution in [2.45, 2.75) is 25.0 Å². The topological polar surface area (TPSA) is 41.8 Å². The fourth-order valence-electron chi connectivity index (χ4n) is 3.87. The zero-order valence-electron chi connectivity index (χ0n) is 16.0. The number of aliphatic hydroxyl groups excluding tert-OH is 1. The number of nitrogens with zero attached hydrogens (tertiary/aromatic N) is 1. The summed E-state index contributed by atoms with van der Waals surface area (Å²) < 4.78 is 5.86. The minimum Gasteiger partial charge on any atom is -0.478 e. The van der Waals surface area contributed by atoms with Gasteiger partial charge in [0.2, 0.25) is 5.90 Å². The zero-order valence-corrected chi connectivity index (χ0v) is 17.5. The Labute approximate surface area is 180 Å². The van der Waals surface area contributed by atoms with E-state index >= 15 is 0 Å². The first-order valence-electron chi connectivity index (χ1n) is 9.55. The number of hydrogen-bond acceptors (Lipinski definition) is 3. The van der Waals surface area contributed by atoms with E-state index < -0.39 is 11.6 Å². The van der Waals surface area contributed by atoms with Gasteiger partial charge in [-0.15, -0.1) is 0 Å². The standard InChI is InChI=1S/C24H21Cl2NO2/c1-2-29-23-20-5-3-4-6-21(20)24(27-23,17-9-13-19(26)14-10-17)15-22(28)16-7-11-18(25)12-8-16/h3-14,22,28H,2,15H2,1H3/t22-,24+/m0/s1. The van der Waals surface area contributed by atoms with Crippen molar-refractivity contribution in [2.75, 3.05) is 6.61 Å². The molecule has 0 spiro atoms. The second-order valence-corrected chi connectivity index (χ2v) is 7.91. The molecule has 3 aromatic rings. The Morgan fingerprint density at radius 3 is 2.21 bits per heavy atom. The van der Waals surface area contributed by atoms with Crippen molar-refractivity contribution in [2.24, 2.45) is 4.99 Å². The van der Waals surface area contributed by atoms with E-state index in [0.717, 1.165) is 22.3 Å². The summed E-state index contributed by atoms with van der Waals surface area (Å²) >= 11 is 12.1. The van der Waals surface area contributed by atoms with E-state index in [9.17, 15) is 5.11 Å². The number of benzene rings is 3. The third-order valence-corrected chi connectivity index (χ3v) is 5.75. The van der Waals surface area contributed by atoms with Crippen molar-refractivity contribution in [1.29, 1.82) is 0 Å². The van der Waals surface area contributed by atoms with Crippen LogP contribution in [-0.4, -0.2) is 17.6 Å². The van der Waals surface area contributed by atoms with Crippen molar-refractivity contribution in [3.8, 4) is 0 Å². The molecule has 0 radical (unpaired) electrons. The summed E-state index contributed by atoms with van der Waals surface area (Å²) in [5.74, 6) is 0.598. The van der Waals surface area contributed by atoms with Crippen LogP contribution in [0.15, 0.2) is 77.8 Å². The molecule has 0 amide bonds. The number of fused-ring (bicyclic) bond motifs is 1. The highest BCUT2D eigenvalue weighted by molar-refractivity contribution is 6.30. The highest BCUT2D eigenvalue weighted by Crippen LogP contribution is 2.47. The number of halogens is 2. The predicted octanol–water partition coefficient (Wildman–Crippen LogP) is 6.16. The quantitative estimate of drug-likeness (QED) is 0.531. The molecular weight excluding hydrogens is 405 g/mol. The van der Waals surface area contributed by atoms with E-state index in [1.165, 1.54) is 0 Å². The average molecular weight is 426 g/mol. The Balaban J connectivity index is 1.85. The number of hydrogen-bond donors (Lipinski definition) is 1. The molecule has 4 rings (SSSR count). The lowest BCUT2D eigenvalue weighted by molar-refractivity contribution is 0.143. The fourth-order valence-corrected chi connectivity index (χ4v) is 4.12. The van der Waals surface area contributed by atoms with Crippen molar-refractivity contribution in [1.82, 2.24) is 0 Å². The van der Waals surface area contributed by atoms with Crippen LogP contribution in [0, 0.1) is 0 Å². The largest absolute Gasteiger partial charge is 0.478 e. The number of aliphatic imine (C=N–C) groups is 1. The summed E-state index contributed by atoms with van der Waals surface area (Å²) in [4.78, 5) is 5.03. The molecule has 1 heterocycles. The van der Waals surface area contributed by atoms with Gasteiger partial charge < -0.3 is 9.84 Å². The maximum atomic E-state index is 11.1. The normalized spacial score (nSPS) is 18.8. The van der Waals surface area contributed by atoms with Crippen molar-refractivity contribution >= 4 is 29.1 Å². The molecule has 3 nitrogen and oxygen atoms in total. The van der Waals surface area contributed by atoms with Crippen molar-refractivity contribution in [3.05, 3.63) is 105 Å². The lowest BCUT2D eigenvalue weighted by atomic mass is 9.78. The van der Waals surface area contributed by atoms with E-state index in [-0.39, 0.29) is 0 Å². The minimum absolute atomic E-state index is 0.365. The summed E-state index contributed by atoms with van der Waals surface area (Å²) in [6.45, 7) is 2.46. The van der Waals surface area contributed by atoms with Gasteiger partial charge in [-0.25, -0.2) is 4.99 Å². The molecule has 1 N–H and O–H groups in total. The molecule has 29 heavy (non-hydrogen) atoms. The van der Waals surface area contributed by atoms with Crippen LogP contribution in [-0.2, 0) is 10.3 Å². The van der Waals surface area contributed by atoms with E-state index in [2.05, 4.69) is 0 Å². The van der Waals surface area contributed by atoms with Gasteiger partial charge in [-0.05, 0) is 53.9 Å². The molecular formula is C24H21Cl2NO2. The molecule has 1 aliphatic rings. The Morgan fingerprint density at radius 2 is 1.55 bits per heavy atom. The highest BCUT2D eigenvalue weighted by atomic mass is 35.5. The van der Waals surface area contributed by atoms with Gasteiger partial charge in [0.1, 0.15) is 5.54 Å². The van der Waals surface area contributed by atoms with E-state index in [4.69, 9.17) is 32.9 Å². The van der Waals surface area contributed by atoms with E-state index in [0.29, 0.717) is 29.0 Å². The summed E-state index contributed by atoms with van der Waals surface area (Å²) in [5, 5.41) is 12.4. The molecule has 0 unspecified atom stereocenters. The van der Waals surface area contributed by atoms with Gasteiger partial charge in [0, 0.05) is 22.0 Å². The van der Waals surface area contributed by atoms with Crippen molar-refractivity contribution < 1.29 is 9.84 Å². The molecule has 2 atom stereocenters. The predicted molar refractivity (Wildman–Crippen MR) is 118 cm³/mol. The van der Waals surface area contributed by atoms with Crippen LogP contribution < -0.4 is 0 Å². The molecule has 1 aliphatic heterocycles. The summed E-state index contributed by atoms with van der Waals surface area (Å²) in [6, 6.07) is 22.9. The van der Waals surface area contributed by atoms with Crippen LogP contribution in [0.3, 0.4) is 0 Å². The fraction of sp³-hybridized carbons (Fsp3) is 0.208. The number of rotatable bonds is 5. The summed E-state index contributed by atoms with van der Waals surface area (Å²) in [5.41, 5.74) is 2.94. The molecule has 0 saturated heterocycles. The summed E-state index contributed by atoms with van der Waals surface area (Å²) in [7, 11) is 0. The number of aliphatic hydroxyl groups is 1. The van der Waals surface area contributed by atoms with Crippen LogP contribution in [0.2, 0.25) is 10.0 Å². The second-order valence-electron chi connectivity index (χ2n) is 7.03. The lowest BCUT2D eigenvalue weighted by Crippen LogP contribution is -2.26. The SMILES string of the molecule is CCOC1=N[C@](C[C@H](O)c2ccc(Cl)cc2)(c2ccc(Cl)cc2)c2ccccc21. The average Bonchev–Trinajstić information content (AvgIpc) is 3.04. The Morgan fingerprint density at radius 1 is 0.931 bits per heavy atom. The maximum absolute atomic E-state index is 11.1. The maximum Gasteiger partial charge on any atom is 0.217 e.